The number of unbranched alkanes of at least 4 members (excludes halogenated alkanes) is 2. The summed E-state index contributed by atoms with van der Waals surface area (Å²) < 4.78 is 10.4. The summed E-state index contributed by atoms with van der Waals surface area (Å²) in [6, 6.07) is 10.8. The molecule has 0 amide bonds. The summed E-state index contributed by atoms with van der Waals surface area (Å²) in [7, 11) is 0. The van der Waals surface area contributed by atoms with Gasteiger partial charge in [-0.05, 0) is 0 Å². The molecule has 18 heavy (non-hydrogen) atoms. The molecule has 0 saturated carbocycles. The predicted octanol–water partition coefficient (Wildman–Crippen LogP) is 4.73. The number of furan rings is 1. The monoisotopic (exact) mass is 351 g/mol. The molecule has 0 fully saturated rings. The molecule has 2 heteroatoms. The third-order valence-corrected chi connectivity index (χ3v) is 11.6. The molecule has 2 rings (SSSR count). The Labute approximate surface area is 117 Å². The van der Waals surface area contributed by atoms with E-state index in [9.17, 15) is 0 Å². The standard InChI is InChI=1S/C8H5O.2C4H9.Sn/c1-2-4-8-7(3-1)5-6-9-8;2*1-3-4-2;/h1-5H;2*1,3-4H2,2H3;. The minimum atomic E-state index is -1.48. The molecule has 0 aliphatic rings. The zero-order chi connectivity index (χ0) is 12.8. The van der Waals surface area contributed by atoms with Crippen LogP contribution in [0.25, 0.3) is 11.0 Å². The van der Waals surface area contributed by atoms with Crippen molar-refractivity contribution in [2.45, 2.75) is 48.4 Å². The number of hydrogen-bond donors (Lipinski definition) is 0. The van der Waals surface area contributed by atoms with Crippen LogP contribution in [-0.2, 0) is 0 Å². The van der Waals surface area contributed by atoms with E-state index in [2.05, 4.69) is 44.2 Å². The maximum absolute atomic E-state index is 6.11. The van der Waals surface area contributed by atoms with Crippen LogP contribution in [-0.4, -0.2) is 19.8 Å². The SMILES string of the molecule is CCC[CH2][Sn]([CH2]CCC)[c]1cc2ccccc2o1. The first-order chi connectivity index (χ1) is 8.85. The van der Waals surface area contributed by atoms with Crippen molar-refractivity contribution in [3.05, 3.63) is 30.3 Å². The van der Waals surface area contributed by atoms with E-state index in [-0.39, 0.29) is 0 Å². The van der Waals surface area contributed by atoms with E-state index < -0.39 is 19.8 Å². The maximum atomic E-state index is 6.11. The van der Waals surface area contributed by atoms with Crippen molar-refractivity contribution in [1.82, 2.24) is 0 Å². The molecule has 1 radical (unpaired) electrons. The van der Waals surface area contributed by atoms with E-state index in [1.165, 1.54) is 43.7 Å². The molecular formula is C16H23OSn. The quantitative estimate of drug-likeness (QED) is 0.658. The van der Waals surface area contributed by atoms with Gasteiger partial charge in [-0.3, -0.25) is 0 Å². The van der Waals surface area contributed by atoms with E-state index in [1.807, 2.05) is 0 Å². The fraction of sp³-hybridized carbons (Fsp3) is 0.500. The van der Waals surface area contributed by atoms with E-state index in [4.69, 9.17) is 4.42 Å². The Bertz CT molecular complexity index is 434. The number of rotatable bonds is 7. The Balaban J connectivity index is 2.17. The molecule has 1 aromatic heterocycles. The van der Waals surface area contributed by atoms with Crippen LogP contribution >= 0.6 is 0 Å². The molecule has 0 atom stereocenters. The molecule has 0 aliphatic heterocycles. The normalized spacial score (nSPS) is 11.5. The molecule has 1 nitrogen and oxygen atoms in total. The second-order valence-corrected chi connectivity index (χ2v) is 12.7. The first-order valence-corrected chi connectivity index (χ1v) is 12.6. The van der Waals surface area contributed by atoms with Gasteiger partial charge >= 0.3 is 118 Å². The van der Waals surface area contributed by atoms with Gasteiger partial charge in [0.05, 0.1) is 0 Å². The van der Waals surface area contributed by atoms with Crippen molar-refractivity contribution in [2.24, 2.45) is 0 Å². The average molecular weight is 350 g/mol. The first kappa shape index (κ1) is 14.0. The van der Waals surface area contributed by atoms with Gasteiger partial charge < -0.3 is 0 Å². The van der Waals surface area contributed by atoms with E-state index in [1.54, 1.807) is 0 Å². The number of benzene rings is 1. The van der Waals surface area contributed by atoms with Crippen LogP contribution in [0.3, 0.4) is 0 Å². The zero-order valence-electron chi connectivity index (χ0n) is 11.5. The van der Waals surface area contributed by atoms with Crippen molar-refractivity contribution in [3.63, 3.8) is 0 Å². The Morgan fingerprint density at radius 3 is 2.28 bits per heavy atom. The van der Waals surface area contributed by atoms with E-state index >= 15 is 0 Å². The van der Waals surface area contributed by atoms with Gasteiger partial charge in [-0.1, -0.05) is 0 Å². The number of para-hydroxylation sites is 1. The van der Waals surface area contributed by atoms with Crippen LogP contribution in [0.5, 0.6) is 0 Å². The zero-order valence-corrected chi connectivity index (χ0v) is 14.4. The Morgan fingerprint density at radius 2 is 1.67 bits per heavy atom. The molecule has 0 unspecified atom stereocenters. The molecule has 0 N–H and O–H groups in total. The summed E-state index contributed by atoms with van der Waals surface area (Å²) in [4.78, 5) is 0. The fourth-order valence-corrected chi connectivity index (χ4v) is 10.6. The van der Waals surface area contributed by atoms with Crippen molar-refractivity contribution in [1.29, 1.82) is 0 Å². The molecule has 0 spiro atoms. The molecule has 0 saturated heterocycles. The summed E-state index contributed by atoms with van der Waals surface area (Å²) in [5.74, 6) is 0. The van der Waals surface area contributed by atoms with Gasteiger partial charge in [-0.15, -0.1) is 0 Å². The Hall–Kier alpha value is -0.441. The molecule has 0 aliphatic carbocycles. The second kappa shape index (κ2) is 7.22. The Kier molecular flexibility index (Phi) is 5.61. The summed E-state index contributed by atoms with van der Waals surface area (Å²) in [5.41, 5.74) is 1.08. The Morgan fingerprint density at radius 1 is 1.00 bits per heavy atom. The molecule has 1 heterocycles. The minimum absolute atomic E-state index is 1.08. The predicted molar refractivity (Wildman–Crippen MR) is 81.0 cm³/mol. The molecule has 0 bridgehead atoms. The summed E-state index contributed by atoms with van der Waals surface area (Å²) in [5, 5.41) is 1.29. The van der Waals surface area contributed by atoms with Gasteiger partial charge in [0.25, 0.3) is 0 Å². The van der Waals surface area contributed by atoms with Crippen molar-refractivity contribution in [3.8, 4) is 0 Å². The van der Waals surface area contributed by atoms with Crippen LogP contribution in [0.15, 0.2) is 34.7 Å². The fourth-order valence-electron chi connectivity index (χ4n) is 2.31. The van der Waals surface area contributed by atoms with Crippen LogP contribution < -0.4 is 3.78 Å². The second-order valence-electron chi connectivity index (χ2n) is 4.96. The van der Waals surface area contributed by atoms with Crippen LogP contribution in [0.2, 0.25) is 8.87 Å². The molecule has 97 valence electrons. The summed E-state index contributed by atoms with van der Waals surface area (Å²) in [6.45, 7) is 4.58. The van der Waals surface area contributed by atoms with Crippen molar-refractivity contribution >= 4 is 34.5 Å². The van der Waals surface area contributed by atoms with Crippen LogP contribution in [0.4, 0.5) is 0 Å². The van der Waals surface area contributed by atoms with Gasteiger partial charge in [0.2, 0.25) is 0 Å². The molecule has 2 aromatic rings. The van der Waals surface area contributed by atoms with Crippen LogP contribution in [0.1, 0.15) is 39.5 Å². The number of hydrogen-bond acceptors (Lipinski definition) is 1. The third-order valence-electron chi connectivity index (χ3n) is 3.44. The third kappa shape index (κ3) is 3.53. The topological polar surface area (TPSA) is 13.1 Å². The van der Waals surface area contributed by atoms with Gasteiger partial charge in [0, 0.05) is 0 Å². The summed E-state index contributed by atoms with van der Waals surface area (Å²) in [6.07, 6.45) is 5.40. The molecule has 1 aromatic carbocycles. The van der Waals surface area contributed by atoms with Gasteiger partial charge in [0.1, 0.15) is 0 Å². The summed E-state index contributed by atoms with van der Waals surface area (Å²) >= 11 is -1.48. The number of fused-ring (bicyclic) bond motifs is 1. The first-order valence-electron chi connectivity index (χ1n) is 7.18. The van der Waals surface area contributed by atoms with E-state index in [0.29, 0.717) is 0 Å². The van der Waals surface area contributed by atoms with Gasteiger partial charge in [-0.2, -0.15) is 0 Å². The van der Waals surface area contributed by atoms with E-state index in [0.717, 1.165) is 5.58 Å². The van der Waals surface area contributed by atoms with Crippen LogP contribution in [0, 0.1) is 0 Å². The van der Waals surface area contributed by atoms with Gasteiger partial charge in [-0.25, -0.2) is 0 Å². The van der Waals surface area contributed by atoms with Gasteiger partial charge in [0.15, 0.2) is 0 Å². The molecular weight excluding hydrogens is 327 g/mol. The average Bonchev–Trinajstić information content (AvgIpc) is 2.82. The van der Waals surface area contributed by atoms with Crippen molar-refractivity contribution in [2.75, 3.05) is 0 Å². The van der Waals surface area contributed by atoms with Crippen molar-refractivity contribution < 1.29 is 4.42 Å².